The van der Waals surface area contributed by atoms with Gasteiger partial charge in [0, 0.05) is 11.4 Å². The minimum atomic E-state index is 0.0153. The highest BCUT2D eigenvalue weighted by Gasteiger charge is 2.12. The van der Waals surface area contributed by atoms with Crippen LogP contribution in [0, 0.1) is 0 Å². The zero-order chi connectivity index (χ0) is 16.2. The molecule has 118 valence electrons. The van der Waals surface area contributed by atoms with Gasteiger partial charge in [-0.3, -0.25) is 4.79 Å². The second-order valence-electron chi connectivity index (χ2n) is 5.12. The fourth-order valence-electron chi connectivity index (χ4n) is 2.33. The monoisotopic (exact) mass is 329 g/mol. The van der Waals surface area contributed by atoms with Crippen molar-refractivity contribution < 1.29 is 4.79 Å². The summed E-state index contributed by atoms with van der Waals surface area (Å²) in [6.45, 7) is 2.33. The Labute approximate surface area is 138 Å². The van der Waals surface area contributed by atoms with Crippen LogP contribution in [0.4, 0.5) is 0 Å². The van der Waals surface area contributed by atoms with Crippen molar-refractivity contribution in [2.45, 2.75) is 26.3 Å². The molecule has 0 aliphatic carbocycles. The topological polar surface area (TPSA) is 72.7 Å². The van der Waals surface area contributed by atoms with Crippen molar-refractivity contribution in [2.24, 2.45) is 0 Å². The smallest absolute Gasteiger partial charge is 0.220 e. The van der Waals surface area contributed by atoms with Gasteiger partial charge in [-0.1, -0.05) is 24.6 Å². The maximum absolute atomic E-state index is 11.6. The number of hydrogen-bond donors (Lipinski definition) is 1. The Morgan fingerprint density at radius 1 is 1.35 bits per heavy atom. The van der Waals surface area contributed by atoms with E-state index in [0.29, 0.717) is 23.6 Å². The van der Waals surface area contributed by atoms with Crippen molar-refractivity contribution in [3.05, 3.63) is 47.5 Å². The number of halogens is 1. The maximum Gasteiger partial charge on any atom is 0.220 e. The van der Waals surface area contributed by atoms with Crippen LogP contribution in [0.2, 0.25) is 5.02 Å². The number of hydrogen-bond acceptors (Lipinski definition) is 4. The molecule has 0 spiro atoms. The van der Waals surface area contributed by atoms with Crippen molar-refractivity contribution in [1.82, 2.24) is 25.1 Å². The molecule has 1 amide bonds. The number of rotatable bonds is 5. The van der Waals surface area contributed by atoms with E-state index in [2.05, 4.69) is 20.4 Å². The first-order valence-corrected chi connectivity index (χ1v) is 7.77. The molecule has 0 saturated heterocycles. The Hall–Kier alpha value is -2.47. The fourth-order valence-corrected chi connectivity index (χ4v) is 2.51. The highest BCUT2D eigenvalue weighted by molar-refractivity contribution is 6.30. The van der Waals surface area contributed by atoms with Crippen molar-refractivity contribution >= 4 is 28.5 Å². The lowest BCUT2D eigenvalue weighted by Crippen LogP contribution is -2.22. The summed E-state index contributed by atoms with van der Waals surface area (Å²) in [4.78, 5) is 20.2. The number of carbonyl (C=O) groups excluding carboxylic acids is 1. The lowest BCUT2D eigenvalue weighted by Gasteiger charge is -2.06. The van der Waals surface area contributed by atoms with Gasteiger partial charge in [-0.2, -0.15) is 5.10 Å². The normalized spacial score (nSPS) is 10.9. The van der Waals surface area contributed by atoms with E-state index in [1.54, 1.807) is 16.9 Å². The predicted octanol–water partition coefficient (Wildman–Crippen LogP) is 2.89. The SMILES string of the molecule is CCCC(=O)NCc1ncnc2c1cnn2-c1cccc(Cl)c1. The average Bonchev–Trinajstić information content (AvgIpc) is 2.98. The van der Waals surface area contributed by atoms with E-state index in [9.17, 15) is 4.79 Å². The Balaban J connectivity index is 1.93. The minimum absolute atomic E-state index is 0.0153. The van der Waals surface area contributed by atoms with Gasteiger partial charge in [-0.05, 0) is 24.6 Å². The van der Waals surface area contributed by atoms with E-state index in [1.807, 2.05) is 25.1 Å². The molecule has 3 rings (SSSR count). The van der Waals surface area contributed by atoms with Gasteiger partial charge in [0.2, 0.25) is 5.91 Å². The first kappa shape index (κ1) is 15.4. The lowest BCUT2D eigenvalue weighted by molar-refractivity contribution is -0.121. The molecule has 0 unspecified atom stereocenters. The van der Waals surface area contributed by atoms with Crippen LogP contribution in [-0.2, 0) is 11.3 Å². The molecule has 1 N–H and O–H groups in total. The Morgan fingerprint density at radius 3 is 3.00 bits per heavy atom. The van der Waals surface area contributed by atoms with Crippen LogP contribution >= 0.6 is 11.6 Å². The number of nitrogens with zero attached hydrogens (tertiary/aromatic N) is 4. The third-order valence-electron chi connectivity index (χ3n) is 3.43. The minimum Gasteiger partial charge on any atom is -0.350 e. The van der Waals surface area contributed by atoms with Gasteiger partial charge in [0.05, 0.1) is 29.5 Å². The molecule has 2 heterocycles. The fraction of sp³-hybridized carbons (Fsp3) is 0.250. The maximum atomic E-state index is 11.6. The third kappa shape index (κ3) is 3.32. The van der Waals surface area contributed by atoms with Crippen molar-refractivity contribution in [2.75, 3.05) is 0 Å². The molecule has 0 atom stereocenters. The van der Waals surface area contributed by atoms with Crippen LogP contribution in [0.1, 0.15) is 25.5 Å². The highest BCUT2D eigenvalue weighted by Crippen LogP contribution is 2.20. The van der Waals surface area contributed by atoms with Gasteiger partial charge in [-0.15, -0.1) is 0 Å². The molecule has 6 nitrogen and oxygen atoms in total. The molecule has 1 aromatic carbocycles. The molecular formula is C16H16ClN5O. The van der Waals surface area contributed by atoms with Gasteiger partial charge in [-0.25, -0.2) is 14.6 Å². The van der Waals surface area contributed by atoms with Crippen LogP contribution in [0.5, 0.6) is 0 Å². The number of aromatic nitrogens is 4. The summed E-state index contributed by atoms with van der Waals surface area (Å²) in [6, 6.07) is 7.39. The Morgan fingerprint density at radius 2 is 2.22 bits per heavy atom. The van der Waals surface area contributed by atoms with Crippen molar-refractivity contribution in [1.29, 1.82) is 0 Å². The molecule has 0 aliphatic heterocycles. The lowest BCUT2D eigenvalue weighted by atomic mass is 10.2. The van der Waals surface area contributed by atoms with Gasteiger partial charge in [0.1, 0.15) is 6.33 Å². The van der Waals surface area contributed by atoms with E-state index in [4.69, 9.17) is 11.6 Å². The standard InChI is InChI=1S/C16H16ClN5O/c1-2-4-15(23)18-9-14-13-8-21-22(16(13)20-10-19-14)12-6-3-5-11(17)7-12/h3,5-8,10H,2,4,9H2,1H3,(H,18,23). The molecule has 0 fully saturated rings. The quantitative estimate of drug-likeness (QED) is 0.781. The molecule has 2 aromatic heterocycles. The van der Waals surface area contributed by atoms with Crippen LogP contribution in [-0.4, -0.2) is 25.7 Å². The van der Waals surface area contributed by atoms with Gasteiger partial charge in [0.15, 0.2) is 5.65 Å². The Kier molecular flexibility index (Phi) is 4.52. The third-order valence-corrected chi connectivity index (χ3v) is 3.67. The van der Waals surface area contributed by atoms with Crippen LogP contribution in [0.15, 0.2) is 36.8 Å². The largest absolute Gasteiger partial charge is 0.350 e. The van der Waals surface area contributed by atoms with Gasteiger partial charge < -0.3 is 5.32 Å². The Bertz CT molecular complexity index is 845. The van der Waals surface area contributed by atoms with Crippen LogP contribution < -0.4 is 5.32 Å². The molecule has 0 bridgehead atoms. The van der Waals surface area contributed by atoms with E-state index in [-0.39, 0.29) is 5.91 Å². The van der Waals surface area contributed by atoms with E-state index in [1.165, 1.54) is 6.33 Å². The number of carbonyl (C=O) groups is 1. The molecule has 7 heteroatoms. The molecule has 0 saturated carbocycles. The second kappa shape index (κ2) is 6.75. The molecule has 0 radical (unpaired) electrons. The van der Waals surface area contributed by atoms with Crippen LogP contribution in [0.3, 0.4) is 0 Å². The summed E-state index contributed by atoms with van der Waals surface area (Å²) in [5.74, 6) is 0.0153. The average molecular weight is 330 g/mol. The molecular weight excluding hydrogens is 314 g/mol. The van der Waals surface area contributed by atoms with Gasteiger partial charge >= 0.3 is 0 Å². The number of benzene rings is 1. The van der Waals surface area contributed by atoms with E-state index >= 15 is 0 Å². The summed E-state index contributed by atoms with van der Waals surface area (Å²) in [5, 5.41) is 8.68. The number of amides is 1. The van der Waals surface area contributed by atoms with Crippen molar-refractivity contribution in [3.8, 4) is 5.69 Å². The summed E-state index contributed by atoms with van der Waals surface area (Å²) in [7, 11) is 0. The second-order valence-corrected chi connectivity index (χ2v) is 5.56. The summed E-state index contributed by atoms with van der Waals surface area (Å²) in [6.07, 6.45) is 4.51. The van der Waals surface area contributed by atoms with Gasteiger partial charge in [0.25, 0.3) is 0 Å². The molecule has 23 heavy (non-hydrogen) atoms. The number of fused-ring (bicyclic) bond motifs is 1. The molecule has 3 aromatic rings. The first-order chi connectivity index (χ1) is 11.2. The molecule has 0 aliphatic rings. The van der Waals surface area contributed by atoms with E-state index in [0.717, 1.165) is 23.2 Å². The zero-order valence-corrected chi connectivity index (χ0v) is 13.4. The predicted molar refractivity (Wildman–Crippen MR) is 88.4 cm³/mol. The first-order valence-electron chi connectivity index (χ1n) is 7.39. The van der Waals surface area contributed by atoms with E-state index < -0.39 is 0 Å². The zero-order valence-electron chi connectivity index (χ0n) is 12.7. The number of nitrogens with one attached hydrogen (secondary N) is 1. The van der Waals surface area contributed by atoms with Crippen LogP contribution in [0.25, 0.3) is 16.7 Å². The summed E-state index contributed by atoms with van der Waals surface area (Å²) >= 11 is 6.04. The summed E-state index contributed by atoms with van der Waals surface area (Å²) < 4.78 is 1.71. The highest BCUT2D eigenvalue weighted by atomic mass is 35.5. The summed E-state index contributed by atoms with van der Waals surface area (Å²) in [5.41, 5.74) is 2.25. The van der Waals surface area contributed by atoms with Crippen molar-refractivity contribution in [3.63, 3.8) is 0 Å².